The van der Waals surface area contributed by atoms with E-state index in [-0.39, 0.29) is 11.8 Å². The van der Waals surface area contributed by atoms with Gasteiger partial charge in [0, 0.05) is 58.3 Å². The largest absolute Gasteiger partial charge is 0.354 e. The molecule has 27 heavy (non-hydrogen) atoms. The Bertz CT molecular complexity index is 594. The number of carbonyl (C=O) groups excluding carboxylic acids is 1. The maximum atomic E-state index is 11.6. The van der Waals surface area contributed by atoms with Gasteiger partial charge in [0.2, 0.25) is 5.91 Å². The summed E-state index contributed by atoms with van der Waals surface area (Å²) in [4.78, 5) is 20.9. The van der Waals surface area contributed by atoms with Gasteiger partial charge in [-0.25, -0.2) is 0 Å². The topological polar surface area (TPSA) is 60.0 Å². The minimum Gasteiger partial charge on any atom is -0.354 e. The molecule has 0 radical (unpaired) electrons. The summed E-state index contributed by atoms with van der Waals surface area (Å²) in [5, 5.41) is 6.29. The quantitative estimate of drug-likeness (QED) is 0.437. The van der Waals surface area contributed by atoms with Gasteiger partial charge in [-0.1, -0.05) is 51.1 Å². The molecule has 1 atom stereocenters. The average molecular weight is 374 g/mol. The van der Waals surface area contributed by atoms with E-state index < -0.39 is 0 Å². The normalized spacial score (nSPS) is 17.1. The van der Waals surface area contributed by atoms with Gasteiger partial charge in [-0.15, -0.1) is 0 Å². The monoisotopic (exact) mass is 373 g/mol. The molecule has 150 valence electrons. The van der Waals surface area contributed by atoms with E-state index in [1.54, 1.807) is 0 Å². The second-order valence-corrected chi connectivity index (χ2v) is 7.28. The zero-order valence-electron chi connectivity index (χ0n) is 17.2. The minimum atomic E-state index is 0.0218. The van der Waals surface area contributed by atoms with Gasteiger partial charge in [-0.2, -0.15) is 0 Å². The molecular weight excluding hydrogens is 338 g/mol. The standard InChI is InChI=1S/C21H35N5O/c1-5-19(18-9-7-6-8-10-18)25-13-15-26(16-14-25)21(22-4)24-12-11-23-20(27)17(2)3/h6-10,17,19H,5,11-16H2,1-4H3,(H,22,24)(H,23,27). The molecule has 2 N–H and O–H groups in total. The van der Waals surface area contributed by atoms with Crippen molar-refractivity contribution in [2.75, 3.05) is 46.3 Å². The van der Waals surface area contributed by atoms with Crippen LogP contribution in [0.1, 0.15) is 38.8 Å². The summed E-state index contributed by atoms with van der Waals surface area (Å²) in [5.74, 6) is 1.03. The van der Waals surface area contributed by atoms with E-state index >= 15 is 0 Å². The SMILES string of the molecule is CCC(c1ccccc1)N1CCN(C(=NC)NCCNC(=O)C(C)C)CC1. The van der Waals surface area contributed by atoms with Gasteiger partial charge in [0.05, 0.1) is 0 Å². The second kappa shape index (κ2) is 10.9. The Kier molecular flexibility index (Phi) is 8.58. The number of rotatable bonds is 7. The summed E-state index contributed by atoms with van der Waals surface area (Å²) >= 11 is 0. The van der Waals surface area contributed by atoms with E-state index in [9.17, 15) is 4.79 Å². The molecule has 0 aromatic heterocycles. The number of hydrogen-bond donors (Lipinski definition) is 2. The molecule has 1 aliphatic rings. The molecule has 1 amide bonds. The van der Waals surface area contributed by atoms with Crippen molar-refractivity contribution in [3.8, 4) is 0 Å². The predicted octanol–water partition coefficient (Wildman–Crippen LogP) is 2.10. The number of aliphatic imine (C=N–C) groups is 1. The lowest BCUT2D eigenvalue weighted by atomic mass is 10.0. The van der Waals surface area contributed by atoms with E-state index in [0.717, 1.165) is 38.6 Å². The average Bonchev–Trinajstić information content (AvgIpc) is 2.70. The summed E-state index contributed by atoms with van der Waals surface area (Å²) in [7, 11) is 1.82. The van der Waals surface area contributed by atoms with Gasteiger partial charge >= 0.3 is 0 Å². The Morgan fingerprint density at radius 2 is 1.70 bits per heavy atom. The molecule has 2 rings (SSSR count). The summed E-state index contributed by atoms with van der Waals surface area (Å²) in [6, 6.07) is 11.3. The summed E-state index contributed by atoms with van der Waals surface area (Å²) in [5.41, 5.74) is 1.40. The van der Waals surface area contributed by atoms with Crippen molar-refractivity contribution in [1.29, 1.82) is 0 Å². The van der Waals surface area contributed by atoms with Gasteiger partial charge in [0.15, 0.2) is 5.96 Å². The summed E-state index contributed by atoms with van der Waals surface area (Å²) in [6.45, 7) is 11.3. The number of guanidine groups is 1. The molecule has 1 aliphatic heterocycles. The highest BCUT2D eigenvalue weighted by atomic mass is 16.1. The molecule has 1 heterocycles. The van der Waals surface area contributed by atoms with Crippen LogP contribution >= 0.6 is 0 Å². The first-order chi connectivity index (χ1) is 13.1. The van der Waals surface area contributed by atoms with Crippen LogP contribution in [-0.4, -0.2) is 68.0 Å². The second-order valence-electron chi connectivity index (χ2n) is 7.28. The van der Waals surface area contributed by atoms with Crippen LogP contribution in [0.3, 0.4) is 0 Å². The molecule has 0 spiro atoms. The van der Waals surface area contributed by atoms with Crippen LogP contribution in [0.2, 0.25) is 0 Å². The molecular formula is C21H35N5O. The van der Waals surface area contributed by atoms with Crippen LogP contribution in [0.25, 0.3) is 0 Å². The number of nitrogens with zero attached hydrogens (tertiary/aromatic N) is 3. The predicted molar refractivity (Wildman–Crippen MR) is 112 cm³/mol. The number of piperazine rings is 1. The number of hydrogen-bond acceptors (Lipinski definition) is 3. The first-order valence-corrected chi connectivity index (χ1v) is 10.1. The summed E-state index contributed by atoms with van der Waals surface area (Å²) < 4.78 is 0. The fraction of sp³-hybridized carbons (Fsp3) is 0.619. The lowest BCUT2D eigenvalue weighted by Gasteiger charge is -2.40. The third kappa shape index (κ3) is 6.24. The van der Waals surface area contributed by atoms with Gasteiger partial charge in [-0.05, 0) is 12.0 Å². The van der Waals surface area contributed by atoms with Gasteiger partial charge in [-0.3, -0.25) is 14.7 Å². The number of benzene rings is 1. The van der Waals surface area contributed by atoms with Crippen molar-refractivity contribution in [3.63, 3.8) is 0 Å². The highest BCUT2D eigenvalue weighted by Crippen LogP contribution is 2.25. The third-order valence-electron chi connectivity index (χ3n) is 5.07. The van der Waals surface area contributed by atoms with E-state index in [1.165, 1.54) is 5.56 Å². The minimum absolute atomic E-state index is 0.0218. The molecule has 1 saturated heterocycles. The highest BCUT2D eigenvalue weighted by molar-refractivity contribution is 5.80. The Balaban J connectivity index is 1.80. The molecule has 1 fully saturated rings. The van der Waals surface area contributed by atoms with E-state index in [2.05, 4.69) is 62.7 Å². The van der Waals surface area contributed by atoms with Crippen molar-refractivity contribution in [1.82, 2.24) is 20.4 Å². The first-order valence-electron chi connectivity index (χ1n) is 10.1. The fourth-order valence-corrected chi connectivity index (χ4v) is 3.52. The Labute approximate surface area is 164 Å². The van der Waals surface area contributed by atoms with Crippen LogP contribution in [0.15, 0.2) is 35.3 Å². The third-order valence-corrected chi connectivity index (χ3v) is 5.07. The van der Waals surface area contributed by atoms with E-state index in [4.69, 9.17) is 0 Å². The van der Waals surface area contributed by atoms with Crippen molar-refractivity contribution in [2.45, 2.75) is 33.2 Å². The molecule has 1 unspecified atom stereocenters. The van der Waals surface area contributed by atoms with Crippen LogP contribution in [0, 0.1) is 5.92 Å². The van der Waals surface area contributed by atoms with Gasteiger partial charge in [0.25, 0.3) is 0 Å². The summed E-state index contributed by atoms with van der Waals surface area (Å²) in [6.07, 6.45) is 1.12. The van der Waals surface area contributed by atoms with E-state index in [0.29, 0.717) is 19.1 Å². The molecule has 0 bridgehead atoms. The molecule has 1 aromatic rings. The van der Waals surface area contributed by atoms with Crippen LogP contribution < -0.4 is 10.6 Å². The molecule has 0 aliphatic carbocycles. The Morgan fingerprint density at radius 1 is 1.07 bits per heavy atom. The van der Waals surface area contributed by atoms with Crippen LogP contribution in [0.5, 0.6) is 0 Å². The van der Waals surface area contributed by atoms with Crippen molar-refractivity contribution in [3.05, 3.63) is 35.9 Å². The number of amides is 1. The van der Waals surface area contributed by atoms with Gasteiger partial charge in [0.1, 0.15) is 0 Å². The highest BCUT2D eigenvalue weighted by Gasteiger charge is 2.25. The lowest BCUT2D eigenvalue weighted by Crippen LogP contribution is -2.53. The van der Waals surface area contributed by atoms with Gasteiger partial charge < -0.3 is 15.5 Å². The van der Waals surface area contributed by atoms with Crippen molar-refractivity contribution in [2.24, 2.45) is 10.9 Å². The maximum absolute atomic E-state index is 11.6. The Hall–Kier alpha value is -2.08. The van der Waals surface area contributed by atoms with Crippen LogP contribution in [-0.2, 0) is 4.79 Å². The molecule has 6 nitrogen and oxygen atoms in total. The van der Waals surface area contributed by atoms with Crippen LogP contribution in [0.4, 0.5) is 0 Å². The molecule has 6 heteroatoms. The Morgan fingerprint density at radius 3 is 2.26 bits per heavy atom. The molecule has 1 aromatic carbocycles. The number of carbonyl (C=O) groups is 1. The lowest BCUT2D eigenvalue weighted by molar-refractivity contribution is -0.123. The maximum Gasteiger partial charge on any atom is 0.222 e. The first kappa shape index (κ1) is 21.2. The zero-order chi connectivity index (χ0) is 19.6. The smallest absolute Gasteiger partial charge is 0.222 e. The van der Waals surface area contributed by atoms with E-state index in [1.807, 2.05) is 20.9 Å². The number of nitrogens with one attached hydrogen (secondary N) is 2. The zero-order valence-corrected chi connectivity index (χ0v) is 17.2. The van der Waals surface area contributed by atoms with Crippen molar-refractivity contribution < 1.29 is 4.79 Å². The fourth-order valence-electron chi connectivity index (χ4n) is 3.52. The van der Waals surface area contributed by atoms with Crippen molar-refractivity contribution >= 4 is 11.9 Å². The molecule has 0 saturated carbocycles.